The molecule has 45 heavy (non-hydrogen) atoms. The van der Waals surface area contributed by atoms with Gasteiger partial charge < -0.3 is 18.5 Å². The average Bonchev–Trinajstić information content (AvgIpc) is 2.93. The Morgan fingerprint density at radius 2 is 1.29 bits per heavy atom. The molecule has 2 aromatic carbocycles. The van der Waals surface area contributed by atoms with Crippen LogP contribution in [0.15, 0.2) is 60.7 Å². The van der Waals surface area contributed by atoms with Crippen molar-refractivity contribution in [3.8, 4) is 0 Å². The van der Waals surface area contributed by atoms with Crippen LogP contribution in [-0.4, -0.2) is 57.5 Å². The van der Waals surface area contributed by atoms with Gasteiger partial charge in [0.05, 0.1) is 24.7 Å². The zero-order valence-electron chi connectivity index (χ0n) is 29.5. The number of Topliss-reactive ketones (excluding diaryl/α,β-unsaturated/α-hetero) is 1. The number of hydrogen-bond donors (Lipinski definition) is 0. The van der Waals surface area contributed by atoms with E-state index in [1.807, 2.05) is 72.2 Å². The van der Waals surface area contributed by atoms with Gasteiger partial charge in [-0.2, -0.15) is 0 Å². The molecule has 248 valence electrons. The largest absolute Gasteiger partial charge is 0.460 e. The molecule has 0 saturated carbocycles. The lowest BCUT2D eigenvalue weighted by Crippen LogP contribution is -2.80. The van der Waals surface area contributed by atoms with E-state index in [1.54, 1.807) is 6.92 Å². The lowest BCUT2D eigenvalue weighted by atomic mass is 9.67. The maximum Gasteiger partial charge on any atom is 0.321 e. The van der Waals surface area contributed by atoms with Crippen LogP contribution in [0.2, 0.25) is 36.3 Å². The van der Waals surface area contributed by atoms with E-state index in [-0.39, 0.29) is 35.8 Å². The summed E-state index contributed by atoms with van der Waals surface area (Å²) < 4.78 is 20.5. The van der Waals surface area contributed by atoms with Gasteiger partial charge in [0.1, 0.15) is 18.6 Å². The standard InChI is InChI=1S/C36H55NO6Si2/c1-26(43-45(11,12)35(5,6)7)30-31(37(32(30)39)44(9,10)34(2,3)4)36(8,33(40)42-24-28-21-17-14-18-22-28)29(38)25-41-23-27-19-15-13-16-20-27/h13-22,26,30-31H,23-25H2,1-12H3/t26-,30-,31+,36?/m1/s1. The van der Waals surface area contributed by atoms with Gasteiger partial charge in [-0.05, 0) is 48.1 Å². The molecule has 0 aliphatic carbocycles. The van der Waals surface area contributed by atoms with Crippen molar-refractivity contribution in [2.75, 3.05) is 6.61 Å². The molecule has 2 aromatic rings. The van der Waals surface area contributed by atoms with Gasteiger partial charge in [-0.15, -0.1) is 0 Å². The smallest absolute Gasteiger partial charge is 0.321 e. The fourth-order valence-electron chi connectivity index (χ4n) is 5.54. The highest BCUT2D eigenvalue weighted by Crippen LogP contribution is 2.52. The van der Waals surface area contributed by atoms with E-state index < -0.39 is 51.8 Å². The third-order valence-corrected chi connectivity index (χ3v) is 20.5. The van der Waals surface area contributed by atoms with E-state index in [0.29, 0.717) is 0 Å². The van der Waals surface area contributed by atoms with Crippen molar-refractivity contribution in [2.45, 2.75) is 117 Å². The molecule has 7 nitrogen and oxygen atoms in total. The van der Waals surface area contributed by atoms with E-state index in [4.69, 9.17) is 13.9 Å². The first-order valence-electron chi connectivity index (χ1n) is 16.0. The number of nitrogens with zero attached hydrogens (tertiary/aromatic N) is 1. The van der Waals surface area contributed by atoms with Gasteiger partial charge in [0, 0.05) is 0 Å². The number of carbonyl (C=O) groups is 3. The van der Waals surface area contributed by atoms with Crippen LogP contribution in [0.4, 0.5) is 0 Å². The number of hydrogen-bond acceptors (Lipinski definition) is 6. The monoisotopic (exact) mass is 653 g/mol. The third-order valence-electron chi connectivity index (χ3n) is 10.5. The maximum absolute atomic E-state index is 14.4. The number of β-lactam (4-membered cyclic amide) rings is 1. The summed E-state index contributed by atoms with van der Waals surface area (Å²) in [5.74, 6) is -1.79. The molecule has 1 aliphatic rings. The molecule has 1 amide bonds. The maximum atomic E-state index is 14.4. The Labute approximate surface area is 273 Å². The molecule has 1 fully saturated rings. The summed E-state index contributed by atoms with van der Waals surface area (Å²) in [5.41, 5.74) is 0.0673. The van der Waals surface area contributed by atoms with E-state index in [1.165, 1.54) is 0 Å². The molecule has 0 radical (unpaired) electrons. The highest BCUT2D eigenvalue weighted by Gasteiger charge is 2.68. The number of amides is 1. The van der Waals surface area contributed by atoms with Crippen LogP contribution in [0.1, 0.15) is 66.5 Å². The van der Waals surface area contributed by atoms with Crippen LogP contribution >= 0.6 is 0 Å². The van der Waals surface area contributed by atoms with Gasteiger partial charge in [-0.3, -0.25) is 14.4 Å². The summed E-state index contributed by atoms with van der Waals surface area (Å²) in [6, 6.07) is 18.3. The molecular weight excluding hydrogens is 599 g/mol. The Bertz CT molecular complexity index is 1330. The SMILES string of the molecule is C[C@@H](O[Si](C)(C)C(C)(C)C)[C@H]1C(=O)N([Si](C)(C)C(C)(C)C)[C@@H]1C(C)(C(=O)COCc1ccccc1)C(=O)OCc1ccccc1. The van der Waals surface area contributed by atoms with Crippen molar-refractivity contribution in [3.63, 3.8) is 0 Å². The van der Waals surface area contributed by atoms with E-state index in [0.717, 1.165) is 11.1 Å². The number of rotatable bonds is 13. The Morgan fingerprint density at radius 1 is 0.800 bits per heavy atom. The zero-order valence-corrected chi connectivity index (χ0v) is 31.5. The van der Waals surface area contributed by atoms with Crippen molar-refractivity contribution in [2.24, 2.45) is 11.3 Å². The highest BCUT2D eigenvalue weighted by atomic mass is 28.4. The molecule has 0 aromatic heterocycles. The first-order chi connectivity index (χ1) is 20.7. The van der Waals surface area contributed by atoms with Gasteiger partial charge in [0.15, 0.2) is 22.3 Å². The molecule has 1 aliphatic heterocycles. The van der Waals surface area contributed by atoms with Gasteiger partial charge in [-0.1, -0.05) is 115 Å². The third kappa shape index (κ3) is 7.69. The number of esters is 1. The molecule has 0 spiro atoms. The quantitative estimate of drug-likeness (QED) is 0.0951. The lowest BCUT2D eigenvalue weighted by molar-refractivity contribution is -0.181. The molecular formula is C36H55NO6Si2. The van der Waals surface area contributed by atoms with E-state index in [2.05, 4.69) is 67.7 Å². The van der Waals surface area contributed by atoms with Crippen LogP contribution in [0.5, 0.6) is 0 Å². The Morgan fingerprint density at radius 3 is 1.76 bits per heavy atom. The predicted molar refractivity (Wildman–Crippen MR) is 185 cm³/mol. The number of ether oxygens (including phenoxy) is 2. The number of ketones is 1. The van der Waals surface area contributed by atoms with Crippen LogP contribution in [0.3, 0.4) is 0 Å². The normalized spacial score (nSPS) is 19.8. The van der Waals surface area contributed by atoms with Crippen molar-refractivity contribution in [1.29, 1.82) is 0 Å². The van der Waals surface area contributed by atoms with Crippen molar-refractivity contribution < 1.29 is 28.3 Å². The zero-order chi connectivity index (χ0) is 34.0. The summed E-state index contributed by atoms with van der Waals surface area (Å²) in [7, 11) is -4.86. The molecule has 0 bridgehead atoms. The summed E-state index contributed by atoms with van der Waals surface area (Å²) in [6.07, 6.45) is -0.497. The van der Waals surface area contributed by atoms with Gasteiger partial charge >= 0.3 is 5.97 Å². The minimum absolute atomic E-state index is 0.0227. The average molecular weight is 654 g/mol. The highest BCUT2D eigenvalue weighted by molar-refractivity contribution is 6.80. The molecule has 9 heteroatoms. The van der Waals surface area contributed by atoms with Crippen LogP contribution in [0.25, 0.3) is 0 Å². The first kappa shape index (κ1) is 36.9. The van der Waals surface area contributed by atoms with Crippen LogP contribution in [-0.2, 0) is 41.5 Å². The molecule has 1 unspecified atom stereocenters. The van der Waals surface area contributed by atoms with Gasteiger partial charge in [0.2, 0.25) is 5.91 Å². The predicted octanol–water partition coefficient (Wildman–Crippen LogP) is 7.76. The minimum atomic E-state index is -2.56. The summed E-state index contributed by atoms with van der Waals surface area (Å²) >= 11 is 0. The van der Waals surface area contributed by atoms with Gasteiger partial charge in [0.25, 0.3) is 0 Å². The summed E-state index contributed by atoms with van der Waals surface area (Å²) in [6.45, 7) is 25.0. The Balaban J connectivity index is 2.07. The fourth-order valence-corrected chi connectivity index (χ4v) is 9.51. The van der Waals surface area contributed by atoms with E-state index in [9.17, 15) is 14.4 Å². The topological polar surface area (TPSA) is 82.1 Å². The Hall–Kier alpha value is -2.60. The van der Waals surface area contributed by atoms with Crippen molar-refractivity contribution in [1.82, 2.24) is 4.57 Å². The second kappa shape index (κ2) is 13.6. The summed E-state index contributed by atoms with van der Waals surface area (Å²) in [4.78, 5) is 43.1. The summed E-state index contributed by atoms with van der Waals surface area (Å²) in [5, 5.41) is -0.307. The fraction of sp³-hybridized carbons (Fsp3) is 0.583. The van der Waals surface area contributed by atoms with Crippen LogP contribution in [0, 0.1) is 11.3 Å². The molecule has 3 rings (SSSR count). The first-order valence-corrected chi connectivity index (χ1v) is 21.9. The molecule has 1 heterocycles. The van der Waals surface area contributed by atoms with Crippen molar-refractivity contribution in [3.05, 3.63) is 71.8 Å². The Kier molecular flexibility index (Phi) is 11.2. The molecule has 1 saturated heterocycles. The molecule has 4 atom stereocenters. The van der Waals surface area contributed by atoms with Gasteiger partial charge in [-0.25, -0.2) is 0 Å². The van der Waals surface area contributed by atoms with E-state index >= 15 is 0 Å². The second-order valence-corrected chi connectivity index (χ2v) is 25.6. The number of carbonyl (C=O) groups excluding carboxylic acids is 3. The minimum Gasteiger partial charge on any atom is -0.460 e. The lowest BCUT2D eigenvalue weighted by Gasteiger charge is -2.63. The molecule has 0 N–H and O–H groups in total. The van der Waals surface area contributed by atoms with Crippen LogP contribution < -0.4 is 0 Å². The number of benzene rings is 2. The van der Waals surface area contributed by atoms with Crippen molar-refractivity contribution >= 4 is 34.2 Å². The second-order valence-electron chi connectivity index (χ2n) is 15.7.